The standard InChI is InChI=1S/C17H26N2O2/c1-15(12-16-6-4-3-5-7-16)13-18-8-10-19(11-9-18)17(20)14-21-2/h3-7,15H,8-14H2,1-2H3/t15-/m1/s1. The molecule has 4 nitrogen and oxygen atoms in total. The number of ether oxygens (including phenoxy) is 1. The second-order valence-corrected chi connectivity index (χ2v) is 5.91. The molecule has 1 aliphatic heterocycles. The quantitative estimate of drug-likeness (QED) is 0.799. The van der Waals surface area contributed by atoms with Crippen molar-refractivity contribution in [3.05, 3.63) is 35.9 Å². The van der Waals surface area contributed by atoms with E-state index in [0.717, 1.165) is 39.1 Å². The third kappa shape index (κ3) is 5.14. The molecule has 1 fully saturated rings. The summed E-state index contributed by atoms with van der Waals surface area (Å²) >= 11 is 0. The normalized spacial score (nSPS) is 17.7. The molecule has 0 unspecified atom stereocenters. The van der Waals surface area contributed by atoms with Crippen LogP contribution < -0.4 is 0 Å². The van der Waals surface area contributed by atoms with Crippen molar-refractivity contribution in [2.45, 2.75) is 13.3 Å². The van der Waals surface area contributed by atoms with Crippen molar-refractivity contribution < 1.29 is 9.53 Å². The SMILES string of the molecule is COCC(=O)N1CCN(C[C@H](C)Cc2ccccc2)CC1. The molecule has 2 rings (SSSR count). The number of carbonyl (C=O) groups excluding carboxylic acids is 1. The highest BCUT2D eigenvalue weighted by Gasteiger charge is 2.21. The van der Waals surface area contributed by atoms with Crippen LogP contribution >= 0.6 is 0 Å². The van der Waals surface area contributed by atoms with Crippen molar-refractivity contribution in [2.24, 2.45) is 5.92 Å². The lowest BCUT2D eigenvalue weighted by Gasteiger charge is -2.35. The largest absolute Gasteiger partial charge is 0.375 e. The Labute approximate surface area is 127 Å². The maximum atomic E-state index is 11.8. The van der Waals surface area contributed by atoms with Crippen LogP contribution in [0.1, 0.15) is 12.5 Å². The lowest BCUT2D eigenvalue weighted by Crippen LogP contribution is -2.50. The highest BCUT2D eigenvalue weighted by molar-refractivity contribution is 5.77. The zero-order chi connectivity index (χ0) is 15.1. The lowest BCUT2D eigenvalue weighted by molar-refractivity contribution is -0.136. The number of carbonyl (C=O) groups is 1. The van der Waals surface area contributed by atoms with E-state index in [1.165, 1.54) is 5.56 Å². The van der Waals surface area contributed by atoms with Gasteiger partial charge in [-0.1, -0.05) is 37.3 Å². The van der Waals surface area contributed by atoms with Crippen LogP contribution in [0.15, 0.2) is 30.3 Å². The molecule has 21 heavy (non-hydrogen) atoms. The molecular formula is C17H26N2O2. The summed E-state index contributed by atoms with van der Waals surface area (Å²) in [6, 6.07) is 10.6. The first kappa shape index (κ1) is 16.0. The van der Waals surface area contributed by atoms with E-state index in [9.17, 15) is 4.79 Å². The van der Waals surface area contributed by atoms with Crippen LogP contribution in [0.3, 0.4) is 0 Å². The minimum absolute atomic E-state index is 0.106. The summed E-state index contributed by atoms with van der Waals surface area (Å²) in [7, 11) is 1.57. The number of piperazine rings is 1. The number of hydrogen-bond acceptors (Lipinski definition) is 3. The van der Waals surface area contributed by atoms with E-state index < -0.39 is 0 Å². The third-order valence-corrected chi connectivity index (χ3v) is 3.99. The molecule has 0 radical (unpaired) electrons. The Morgan fingerprint density at radius 1 is 1.19 bits per heavy atom. The Bertz CT molecular complexity index is 428. The van der Waals surface area contributed by atoms with Gasteiger partial charge in [-0.05, 0) is 17.9 Å². The second-order valence-electron chi connectivity index (χ2n) is 5.91. The van der Waals surface area contributed by atoms with Gasteiger partial charge in [-0.15, -0.1) is 0 Å². The van der Waals surface area contributed by atoms with Crippen molar-refractivity contribution in [3.8, 4) is 0 Å². The first-order valence-corrected chi connectivity index (χ1v) is 7.72. The average Bonchev–Trinajstić information content (AvgIpc) is 2.49. The first-order chi connectivity index (χ1) is 10.2. The first-order valence-electron chi connectivity index (χ1n) is 7.72. The Kier molecular flexibility index (Phi) is 6.21. The fourth-order valence-corrected chi connectivity index (χ4v) is 2.92. The van der Waals surface area contributed by atoms with Crippen LogP contribution in [0.4, 0.5) is 0 Å². The number of hydrogen-bond donors (Lipinski definition) is 0. The van der Waals surface area contributed by atoms with Gasteiger partial charge in [0.1, 0.15) is 6.61 Å². The third-order valence-electron chi connectivity index (χ3n) is 3.99. The maximum Gasteiger partial charge on any atom is 0.248 e. The van der Waals surface area contributed by atoms with Crippen LogP contribution in [0, 0.1) is 5.92 Å². The van der Waals surface area contributed by atoms with Crippen molar-refractivity contribution in [1.29, 1.82) is 0 Å². The van der Waals surface area contributed by atoms with Crippen LogP contribution in [-0.2, 0) is 16.0 Å². The Hall–Kier alpha value is -1.39. The molecule has 0 aromatic heterocycles. The van der Waals surface area contributed by atoms with E-state index in [1.807, 2.05) is 4.90 Å². The van der Waals surface area contributed by atoms with Crippen molar-refractivity contribution >= 4 is 5.91 Å². The number of benzene rings is 1. The topological polar surface area (TPSA) is 32.8 Å². The molecule has 1 atom stereocenters. The minimum atomic E-state index is 0.106. The predicted octanol–water partition coefficient (Wildman–Crippen LogP) is 1.66. The van der Waals surface area contributed by atoms with E-state index in [0.29, 0.717) is 5.92 Å². The molecule has 116 valence electrons. The van der Waals surface area contributed by atoms with Crippen molar-refractivity contribution in [2.75, 3.05) is 46.4 Å². The zero-order valence-electron chi connectivity index (χ0n) is 13.1. The average molecular weight is 290 g/mol. The molecule has 1 saturated heterocycles. The molecule has 1 amide bonds. The number of nitrogens with zero attached hydrogens (tertiary/aromatic N) is 2. The van der Waals surface area contributed by atoms with Gasteiger partial charge in [-0.25, -0.2) is 0 Å². The zero-order valence-corrected chi connectivity index (χ0v) is 13.1. The number of methoxy groups -OCH3 is 1. The van der Waals surface area contributed by atoms with Crippen LogP contribution in [0.5, 0.6) is 0 Å². The lowest BCUT2D eigenvalue weighted by atomic mass is 10.0. The molecule has 1 aromatic carbocycles. The van der Waals surface area contributed by atoms with Gasteiger partial charge in [0, 0.05) is 39.8 Å². The van der Waals surface area contributed by atoms with Gasteiger partial charge in [0.15, 0.2) is 0 Å². The molecule has 1 heterocycles. The summed E-state index contributed by atoms with van der Waals surface area (Å²) < 4.78 is 4.91. The molecule has 0 N–H and O–H groups in total. The van der Waals surface area contributed by atoms with Gasteiger partial charge in [0.2, 0.25) is 5.91 Å². The molecule has 0 spiro atoms. The molecule has 0 bridgehead atoms. The smallest absolute Gasteiger partial charge is 0.248 e. The van der Waals surface area contributed by atoms with E-state index in [2.05, 4.69) is 42.2 Å². The Balaban J connectivity index is 1.72. The van der Waals surface area contributed by atoms with E-state index in [1.54, 1.807) is 7.11 Å². The summed E-state index contributed by atoms with van der Waals surface area (Å²) in [6.07, 6.45) is 1.11. The Morgan fingerprint density at radius 2 is 1.86 bits per heavy atom. The summed E-state index contributed by atoms with van der Waals surface area (Å²) in [4.78, 5) is 16.1. The predicted molar refractivity (Wildman–Crippen MR) is 84.2 cm³/mol. The summed E-state index contributed by atoms with van der Waals surface area (Å²) in [5.41, 5.74) is 1.40. The van der Waals surface area contributed by atoms with E-state index >= 15 is 0 Å². The van der Waals surface area contributed by atoms with Gasteiger partial charge in [-0.3, -0.25) is 9.69 Å². The van der Waals surface area contributed by atoms with Gasteiger partial charge in [0.05, 0.1) is 0 Å². The maximum absolute atomic E-state index is 11.8. The van der Waals surface area contributed by atoms with E-state index in [4.69, 9.17) is 4.74 Å². The second kappa shape index (κ2) is 8.15. The van der Waals surface area contributed by atoms with Crippen molar-refractivity contribution in [1.82, 2.24) is 9.80 Å². The van der Waals surface area contributed by atoms with Crippen LogP contribution in [0.25, 0.3) is 0 Å². The fourth-order valence-electron chi connectivity index (χ4n) is 2.92. The molecule has 0 saturated carbocycles. The van der Waals surface area contributed by atoms with Crippen LogP contribution in [0.2, 0.25) is 0 Å². The highest BCUT2D eigenvalue weighted by atomic mass is 16.5. The fraction of sp³-hybridized carbons (Fsp3) is 0.588. The van der Waals surface area contributed by atoms with E-state index in [-0.39, 0.29) is 12.5 Å². The summed E-state index contributed by atoms with van der Waals surface area (Å²) in [5.74, 6) is 0.739. The monoisotopic (exact) mass is 290 g/mol. The molecule has 1 aromatic rings. The molecule has 0 aliphatic carbocycles. The van der Waals surface area contributed by atoms with Gasteiger partial charge < -0.3 is 9.64 Å². The summed E-state index contributed by atoms with van der Waals surface area (Å²) in [6.45, 7) is 7.17. The molecule has 4 heteroatoms. The number of rotatable bonds is 6. The minimum Gasteiger partial charge on any atom is -0.375 e. The van der Waals surface area contributed by atoms with Crippen LogP contribution in [-0.4, -0.2) is 62.1 Å². The highest BCUT2D eigenvalue weighted by Crippen LogP contribution is 2.11. The van der Waals surface area contributed by atoms with Gasteiger partial charge in [0.25, 0.3) is 0 Å². The Morgan fingerprint density at radius 3 is 2.48 bits per heavy atom. The molecule has 1 aliphatic rings. The molecular weight excluding hydrogens is 264 g/mol. The number of amides is 1. The summed E-state index contributed by atoms with van der Waals surface area (Å²) in [5, 5.41) is 0. The van der Waals surface area contributed by atoms with Gasteiger partial charge in [-0.2, -0.15) is 0 Å². The van der Waals surface area contributed by atoms with Gasteiger partial charge >= 0.3 is 0 Å². The van der Waals surface area contributed by atoms with Crippen molar-refractivity contribution in [3.63, 3.8) is 0 Å².